The highest BCUT2D eigenvalue weighted by Gasteiger charge is 2.30. The van der Waals surface area contributed by atoms with Gasteiger partial charge in [-0.1, -0.05) is 30.4 Å². The zero-order chi connectivity index (χ0) is 24.4. The highest BCUT2D eigenvalue weighted by atomic mass is 32.1. The van der Waals surface area contributed by atoms with Crippen molar-refractivity contribution in [2.45, 2.75) is 39.2 Å². The Bertz CT molecular complexity index is 1360. The van der Waals surface area contributed by atoms with E-state index in [0.717, 1.165) is 35.2 Å². The molecule has 0 unspecified atom stereocenters. The van der Waals surface area contributed by atoms with E-state index in [1.165, 1.54) is 16.2 Å². The first-order valence-corrected chi connectivity index (χ1v) is 12.5. The Morgan fingerprint density at radius 1 is 1.09 bits per heavy atom. The van der Waals surface area contributed by atoms with Gasteiger partial charge in [0.15, 0.2) is 5.13 Å². The van der Waals surface area contributed by atoms with Gasteiger partial charge in [0, 0.05) is 43.9 Å². The predicted octanol–water partition coefficient (Wildman–Crippen LogP) is 4.45. The van der Waals surface area contributed by atoms with E-state index in [1.807, 2.05) is 22.9 Å². The molecule has 9 heteroatoms. The molecule has 4 aromatic rings. The molecule has 3 amide bonds. The molecule has 2 aromatic heterocycles. The average Bonchev–Trinajstić information content (AvgIpc) is 3.62. The Kier molecular flexibility index (Phi) is 6.41. The van der Waals surface area contributed by atoms with Crippen molar-refractivity contribution < 1.29 is 14.4 Å². The second-order valence-electron chi connectivity index (χ2n) is 8.39. The fraction of sp³-hybridized carbons (Fsp3) is 0.269. The topological polar surface area (TPSA) is 88.4 Å². The van der Waals surface area contributed by atoms with Crippen LogP contribution in [0.5, 0.6) is 0 Å². The van der Waals surface area contributed by atoms with Crippen LogP contribution < -0.4 is 9.80 Å². The van der Waals surface area contributed by atoms with Crippen LogP contribution in [0, 0.1) is 0 Å². The van der Waals surface area contributed by atoms with Crippen molar-refractivity contribution in [2.75, 3.05) is 16.3 Å². The van der Waals surface area contributed by atoms with Crippen molar-refractivity contribution in [2.24, 2.45) is 0 Å². The van der Waals surface area contributed by atoms with E-state index >= 15 is 0 Å². The molecule has 35 heavy (non-hydrogen) atoms. The summed E-state index contributed by atoms with van der Waals surface area (Å²) in [6.45, 7) is 3.31. The maximum atomic E-state index is 13.7. The van der Waals surface area contributed by atoms with E-state index in [-0.39, 0.29) is 30.6 Å². The average molecular weight is 488 g/mol. The summed E-state index contributed by atoms with van der Waals surface area (Å²) < 4.78 is 3.03. The van der Waals surface area contributed by atoms with Gasteiger partial charge in [0.25, 0.3) is 5.91 Å². The number of imide groups is 1. The Labute approximate surface area is 206 Å². The smallest absolute Gasteiger partial charge is 0.260 e. The molecule has 5 rings (SSSR count). The number of benzene rings is 2. The standard InChI is InChI=1S/C26H25N5O3S/c1-2-18-5-3-6-21-24(18)28-26(35-21)30(15-4-14-29-16-13-27-17-29)25(34)19-7-9-20(10-8-19)31-22(32)11-12-23(31)33/h3,5-10,13,16-17H,2,4,11-12,14-15H2,1H3. The van der Waals surface area contributed by atoms with Crippen LogP contribution in [0.4, 0.5) is 10.8 Å². The van der Waals surface area contributed by atoms with Crippen LogP contribution in [0.15, 0.2) is 61.2 Å². The quantitative estimate of drug-likeness (QED) is 0.343. The van der Waals surface area contributed by atoms with Crippen LogP contribution in [-0.2, 0) is 22.6 Å². The largest absolute Gasteiger partial charge is 0.337 e. The minimum Gasteiger partial charge on any atom is -0.337 e. The van der Waals surface area contributed by atoms with E-state index in [2.05, 4.69) is 18.0 Å². The molecule has 0 radical (unpaired) electrons. The van der Waals surface area contributed by atoms with E-state index in [9.17, 15) is 14.4 Å². The van der Waals surface area contributed by atoms with Gasteiger partial charge >= 0.3 is 0 Å². The first kappa shape index (κ1) is 22.9. The zero-order valence-corrected chi connectivity index (χ0v) is 20.2. The Balaban J connectivity index is 1.43. The minimum absolute atomic E-state index is 0.168. The number of thiazole rings is 1. The van der Waals surface area contributed by atoms with Crippen molar-refractivity contribution in [3.63, 3.8) is 0 Å². The van der Waals surface area contributed by atoms with Crippen molar-refractivity contribution in [1.82, 2.24) is 14.5 Å². The lowest BCUT2D eigenvalue weighted by Gasteiger charge is -2.21. The number of para-hydroxylation sites is 1. The van der Waals surface area contributed by atoms with Gasteiger partial charge in [0.1, 0.15) is 0 Å². The molecule has 1 fully saturated rings. The fourth-order valence-corrected chi connectivity index (χ4v) is 5.32. The summed E-state index contributed by atoms with van der Waals surface area (Å²) in [5, 5.41) is 0.658. The number of anilines is 2. The van der Waals surface area contributed by atoms with Crippen LogP contribution in [0.1, 0.15) is 42.1 Å². The molecule has 1 aliphatic heterocycles. The molecule has 0 N–H and O–H groups in total. The fourth-order valence-electron chi connectivity index (χ4n) is 4.28. The summed E-state index contributed by atoms with van der Waals surface area (Å²) in [4.78, 5) is 49.6. The first-order valence-electron chi connectivity index (χ1n) is 11.7. The summed E-state index contributed by atoms with van der Waals surface area (Å²) >= 11 is 1.51. The van der Waals surface area contributed by atoms with Gasteiger partial charge in [-0.25, -0.2) is 9.97 Å². The monoisotopic (exact) mass is 487 g/mol. The van der Waals surface area contributed by atoms with Crippen molar-refractivity contribution >= 4 is 50.1 Å². The molecule has 1 aliphatic rings. The maximum Gasteiger partial charge on any atom is 0.260 e. The van der Waals surface area contributed by atoms with Crippen LogP contribution in [0.2, 0.25) is 0 Å². The first-order chi connectivity index (χ1) is 17.0. The van der Waals surface area contributed by atoms with Gasteiger partial charge in [-0.15, -0.1) is 0 Å². The van der Waals surface area contributed by atoms with Crippen LogP contribution in [0.3, 0.4) is 0 Å². The number of carbonyl (C=O) groups excluding carboxylic acids is 3. The summed E-state index contributed by atoms with van der Waals surface area (Å²) in [6, 6.07) is 12.8. The minimum atomic E-state index is -0.212. The number of amides is 3. The van der Waals surface area contributed by atoms with Crippen LogP contribution in [-0.4, -0.2) is 38.8 Å². The van der Waals surface area contributed by atoms with E-state index in [1.54, 1.807) is 41.7 Å². The van der Waals surface area contributed by atoms with Crippen molar-refractivity contribution in [3.8, 4) is 0 Å². The second kappa shape index (κ2) is 9.79. The molecular formula is C26H25N5O3S. The lowest BCUT2D eigenvalue weighted by Crippen LogP contribution is -2.32. The molecule has 8 nitrogen and oxygen atoms in total. The summed E-state index contributed by atoms with van der Waals surface area (Å²) in [6.07, 6.45) is 7.44. The number of imidazole rings is 1. The Morgan fingerprint density at radius 3 is 2.54 bits per heavy atom. The third kappa shape index (κ3) is 4.59. The lowest BCUT2D eigenvalue weighted by atomic mass is 10.1. The molecule has 0 aliphatic carbocycles. The molecule has 1 saturated heterocycles. The highest BCUT2D eigenvalue weighted by Crippen LogP contribution is 2.32. The number of carbonyl (C=O) groups is 3. The van der Waals surface area contributed by atoms with Gasteiger partial charge in [-0.2, -0.15) is 0 Å². The third-order valence-electron chi connectivity index (χ3n) is 6.13. The molecule has 2 aromatic carbocycles. The number of hydrogen-bond donors (Lipinski definition) is 0. The maximum absolute atomic E-state index is 13.7. The van der Waals surface area contributed by atoms with Gasteiger partial charge in [0.2, 0.25) is 11.8 Å². The van der Waals surface area contributed by atoms with Crippen LogP contribution in [0.25, 0.3) is 10.2 Å². The summed E-state index contributed by atoms with van der Waals surface area (Å²) in [5.74, 6) is -0.592. The van der Waals surface area contributed by atoms with Gasteiger partial charge in [0.05, 0.1) is 22.2 Å². The lowest BCUT2D eigenvalue weighted by molar-refractivity contribution is -0.121. The second-order valence-corrected chi connectivity index (χ2v) is 9.40. The van der Waals surface area contributed by atoms with Gasteiger partial charge < -0.3 is 4.57 Å². The number of aromatic nitrogens is 3. The number of nitrogens with zero attached hydrogens (tertiary/aromatic N) is 5. The number of hydrogen-bond acceptors (Lipinski definition) is 6. The van der Waals surface area contributed by atoms with Gasteiger partial charge in [-0.3, -0.25) is 24.2 Å². The Morgan fingerprint density at radius 2 is 1.86 bits per heavy atom. The van der Waals surface area contributed by atoms with Gasteiger partial charge in [-0.05, 0) is 48.7 Å². The van der Waals surface area contributed by atoms with E-state index in [4.69, 9.17) is 4.98 Å². The molecule has 0 bridgehead atoms. The Hall–Kier alpha value is -3.85. The molecule has 3 heterocycles. The highest BCUT2D eigenvalue weighted by molar-refractivity contribution is 7.22. The predicted molar refractivity (Wildman–Crippen MR) is 136 cm³/mol. The molecule has 0 atom stereocenters. The molecule has 0 spiro atoms. The van der Waals surface area contributed by atoms with E-state index in [0.29, 0.717) is 22.9 Å². The number of fused-ring (bicyclic) bond motifs is 1. The SMILES string of the molecule is CCc1cccc2sc(N(CCCn3ccnc3)C(=O)c3ccc(N4C(=O)CCC4=O)cc3)nc12. The zero-order valence-electron chi connectivity index (χ0n) is 19.4. The molecule has 0 saturated carbocycles. The molecular weight excluding hydrogens is 462 g/mol. The van der Waals surface area contributed by atoms with Crippen molar-refractivity contribution in [3.05, 3.63) is 72.3 Å². The third-order valence-corrected chi connectivity index (χ3v) is 7.17. The summed E-state index contributed by atoms with van der Waals surface area (Å²) in [5.41, 5.74) is 3.06. The molecule has 178 valence electrons. The summed E-state index contributed by atoms with van der Waals surface area (Å²) in [7, 11) is 0. The number of aryl methyl sites for hydroxylation is 2. The number of rotatable bonds is 8. The van der Waals surface area contributed by atoms with Crippen LogP contribution >= 0.6 is 11.3 Å². The van der Waals surface area contributed by atoms with E-state index < -0.39 is 0 Å². The van der Waals surface area contributed by atoms with Crippen molar-refractivity contribution in [1.29, 1.82) is 0 Å². The normalized spacial score (nSPS) is 13.7.